The zero-order valence-corrected chi connectivity index (χ0v) is 25.9. The number of hydrogen-bond donors (Lipinski definition) is 2. The maximum atomic E-state index is 13.5. The van der Waals surface area contributed by atoms with Crippen molar-refractivity contribution in [2.24, 2.45) is 0 Å². The highest BCUT2D eigenvalue weighted by Gasteiger charge is 2.41. The van der Waals surface area contributed by atoms with E-state index in [0.717, 1.165) is 19.5 Å². The molecule has 1 atom stereocenters. The van der Waals surface area contributed by atoms with Crippen molar-refractivity contribution >= 4 is 48.2 Å². The summed E-state index contributed by atoms with van der Waals surface area (Å²) in [5.74, 6) is 0.291. The highest BCUT2D eigenvalue weighted by molar-refractivity contribution is 7.92. The average molecular weight is 656 g/mol. The molecular formula is C26H28ClF2N7O3S3. The number of pyridine rings is 1. The maximum Gasteiger partial charge on any atom is 0.291 e. The molecule has 4 aromatic rings. The predicted molar refractivity (Wildman–Crippen MR) is 157 cm³/mol. The van der Waals surface area contributed by atoms with Crippen LogP contribution in [0.5, 0.6) is 0 Å². The summed E-state index contributed by atoms with van der Waals surface area (Å²) < 4.78 is 79.6. The molecule has 2 aliphatic rings. The SMILES string of the molecule is Cc1cc([S@](=N)(=O)CCN2CCC2)ccc1-c1cc(S(=O)(=O)NC2(C)CC2)cn2c(-c3nnc(C(F)F)s3)nc(Cl)c12. The second-order valence-electron chi connectivity index (χ2n) is 11.0. The number of nitrogens with zero attached hydrogens (tertiary/aromatic N) is 5. The van der Waals surface area contributed by atoms with Crippen molar-refractivity contribution in [1.82, 2.24) is 29.2 Å². The lowest BCUT2D eigenvalue weighted by Gasteiger charge is -2.30. The van der Waals surface area contributed by atoms with Crippen LogP contribution in [0.1, 0.15) is 43.2 Å². The molecule has 0 spiro atoms. The summed E-state index contributed by atoms with van der Waals surface area (Å²) in [6.07, 6.45) is 1.04. The van der Waals surface area contributed by atoms with Gasteiger partial charge >= 0.3 is 0 Å². The van der Waals surface area contributed by atoms with Gasteiger partial charge in [0, 0.05) is 34.5 Å². The fourth-order valence-electron chi connectivity index (χ4n) is 4.86. The van der Waals surface area contributed by atoms with Crippen LogP contribution < -0.4 is 4.72 Å². The van der Waals surface area contributed by atoms with E-state index in [0.29, 0.717) is 57.8 Å². The number of imidazole rings is 1. The summed E-state index contributed by atoms with van der Waals surface area (Å²) in [6, 6.07) is 6.51. The highest BCUT2D eigenvalue weighted by atomic mass is 35.5. The number of rotatable bonds is 10. The fraction of sp³-hybridized carbons (Fsp3) is 0.423. The highest BCUT2D eigenvalue weighted by Crippen LogP contribution is 2.40. The monoisotopic (exact) mass is 655 g/mol. The van der Waals surface area contributed by atoms with E-state index in [1.165, 1.54) is 16.7 Å². The Morgan fingerprint density at radius 3 is 2.48 bits per heavy atom. The van der Waals surface area contributed by atoms with E-state index in [9.17, 15) is 21.4 Å². The summed E-state index contributed by atoms with van der Waals surface area (Å²) in [4.78, 5) is 6.84. The summed E-state index contributed by atoms with van der Waals surface area (Å²) in [5, 5.41) is 6.97. The number of sulfonamides is 1. The number of aromatic nitrogens is 4. The van der Waals surface area contributed by atoms with Crippen LogP contribution >= 0.6 is 22.9 Å². The molecule has 2 N–H and O–H groups in total. The minimum atomic E-state index is -4.01. The number of likely N-dealkylation sites (tertiary alicyclic amines) is 1. The molecule has 0 unspecified atom stereocenters. The second-order valence-corrected chi connectivity index (χ2v) is 16.3. The zero-order chi connectivity index (χ0) is 30.0. The maximum absolute atomic E-state index is 13.5. The third-order valence-electron chi connectivity index (χ3n) is 7.69. The lowest BCUT2D eigenvalue weighted by atomic mass is 10.0. The number of alkyl halides is 2. The summed E-state index contributed by atoms with van der Waals surface area (Å²) in [5.41, 5.74) is 1.47. The zero-order valence-electron chi connectivity index (χ0n) is 22.7. The van der Waals surface area contributed by atoms with E-state index in [-0.39, 0.29) is 26.6 Å². The standard InChI is InChI=1S/C26H28ClF2N7O3S3/c1-15-12-16(41(30,37)11-10-35-8-3-9-35)4-5-18(15)19-13-17(42(38,39)34-26(2)6-7-26)14-36-20(19)21(27)31-23(36)25-33-32-24(40-25)22(28)29/h4-5,12-14,22,30,34H,3,6-11H2,1-2H3/t41-/m1/s1. The minimum absolute atomic E-state index is 0.0159. The van der Waals surface area contributed by atoms with Crippen LogP contribution in [0.2, 0.25) is 5.15 Å². The van der Waals surface area contributed by atoms with Gasteiger partial charge in [-0.2, -0.15) is 0 Å². The Hall–Kier alpha value is -2.56. The lowest BCUT2D eigenvalue weighted by molar-refractivity contribution is 0.150. The Labute approximate surface area is 251 Å². The molecule has 224 valence electrons. The summed E-state index contributed by atoms with van der Waals surface area (Å²) in [6.45, 7) is 6.09. The van der Waals surface area contributed by atoms with Crippen molar-refractivity contribution in [1.29, 1.82) is 4.78 Å². The number of halogens is 3. The van der Waals surface area contributed by atoms with Gasteiger partial charge in [-0.1, -0.05) is 29.0 Å². The molecule has 0 radical (unpaired) electrons. The van der Waals surface area contributed by atoms with Crippen LogP contribution in [0.15, 0.2) is 40.3 Å². The molecule has 6 rings (SSSR count). The Kier molecular flexibility index (Phi) is 7.42. The fourth-order valence-corrected chi connectivity index (χ4v) is 8.71. The van der Waals surface area contributed by atoms with Gasteiger partial charge in [0.05, 0.1) is 20.1 Å². The summed E-state index contributed by atoms with van der Waals surface area (Å²) in [7, 11) is -7.06. The van der Waals surface area contributed by atoms with Crippen molar-refractivity contribution in [3.05, 3.63) is 46.2 Å². The van der Waals surface area contributed by atoms with Gasteiger partial charge in [-0.15, -0.1) is 10.2 Å². The number of hydrogen-bond acceptors (Lipinski definition) is 9. The molecule has 3 aromatic heterocycles. The van der Waals surface area contributed by atoms with E-state index in [2.05, 4.69) is 24.8 Å². The van der Waals surface area contributed by atoms with E-state index >= 15 is 0 Å². The predicted octanol–water partition coefficient (Wildman–Crippen LogP) is 5.36. The van der Waals surface area contributed by atoms with Crippen LogP contribution in [0, 0.1) is 11.7 Å². The molecule has 2 fully saturated rings. The van der Waals surface area contributed by atoms with Crippen molar-refractivity contribution < 1.29 is 21.4 Å². The van der Waals surface area contributed by atoms with Crippen molar-refractivity contribution in [2.45, 2.75) is 54.9 Å². The van der Waals surface area contributed by atoms with Crippen LogP contribution in [0.4, 0.5) is 8.78 Å². The first-order chi connectivity index (χ1) is 19.8. The third-order valence-corrected chi connectivity index (χ3v) is 12.3. The first-order valence-electron chi connectivity index (χ1n) is 13.2. The third kappa shape index (κ3) is 5.57. The van der Waals surface area contributed by atoms with Gasteiger partial charge in [-0.05, 0) is 75.5 Å². The van der Waals surface area contributed by atoms with Crippen LogP contribution in [-0.2, 0) is 19.8 Å². The molecule has 1 aliphatic heterocycles. The van der Waals surface area contributed by atoms with E-state index in [4.69, 9.17) is 16.4 Å². The van der Waals surface area contributed by atoms with Gasteiger partial charge in [-0.25, -0.2) is 35.9 Å². The van der Waals surface area contributed by atoms with E-state index < -0.39 is 36.7 Å². The van der Waals surface area contributed by atoms with Gasteiger partial charge in [0.25, 0.3) is 6.43 Å². The normalized spacial score (nSPS) is 18.3. The molecule has 42 heavy (non-hydrogen) atoms. The topological polar surface area (TPSA) is 133 Å². The van der Waals surface area contributed by atoms with Gasteiger partial charge in [0.15, 0.2) is 21.0 Å². The van der Waals surface area contributed by atoms with Gasteiger partial charge < -0.3 is 4.90 Å². The van der Waals surface area contributed by atoms with Crippen molar-refractivity contribution in [3.63, 3.8) is 0 Å². The number of benzene rings is 1. The Morgan fingerprint density at radius 1 is 1.14 bits per heavy atom. The molecule has 1 saturated heterocycles. The molecule has 10 nitrogen and oxygen atoms in total. The second kappa shape index (κ2) is 10.6. The molecule has 1 aromatic carbocycles. The quantitative estimate of drug-likeness (QED) is 0.235. The van der Waals surface area contributed by atoms with Crippen LogP contribution in [0.3, 0.4) is 0 Å². The molecule has 1 aliphatic carbocycles. The van der Waals surface area contributed by atoms with Crippen LogP contribution in [-0.4, -0.2) is 68.0 Å². The molecule has 16 heteroatoms. The van der Waals surface area contributed by atoms with Crippen molar-refractivity contribution in [2.75, 3.05) is 25.4 Å². The molecule has 1 saturated carbocycles. The lowest BCUT2D eigenvalue weighted by Crippen LogP contribution is -2.40. The van der Waals surface area contributed by atoms with Crippen molar-refractivity contribution in [3.8, 4) is 22.0 Å². The van der Waals surface area contributed by atoms with Gasteiger partial charge in [-0.3, -0.25) is 4.40 Å². The largest absolute Gasteiger partial charge is 0.302 e. The van der Waals surface area contributed by atoms with Gasteiger partial charge in [0.1, 0.15) is 0 Å². The first-order valence-corrected chi connectivity index (χ1v) is 17.6. The molecular weight excluding hydrogens is 628 g/mol. The Morgan fingerprint density at radius 2 is 1.88 bits per heavy atom. The first kappa shape index (κ1) is 29.5. The minimum Gasteiger partial charge on any atom is -0.302 e. The number of aryl methyl sites for hydroxylation is 1. The number of fused-ring (bicyclic) bond motifs is 1. The van der Waals surface area contributed by atoms with Crippen LogP contribution in [0.25, 0.3) is 27.5 Å². The summed E-state index contributed by atoms with van der Waals surface area (Å²) >= 11 is 7.25. The van der Waals surface area contributed by atoms with E-state index in [1.807, 2.05) is 6.92 Å². The Bertz CT molecular complexity index is 1920. The van der Waals surface area contributed by atoms with Gasteiger partial charge in [0.2, 0.25) is 10.0 Å². The Balaban J connectivity index is 1.49. The molecule has 0 amide bonds. The number of nitrogens with one attached hydrogen (secondary N) is 2. The van der Waals surface area contributed by atoms with E-state index in [1.54, 1.807) is 25.1 Å². The average Bonchev–Trinajstić information content (AvgIpc) is 3.27. The molecule has 0 bridgehead atoms. The molecule has 4 heterocycles. The smallest absolute Gasteiger partial charge is 0.291 e.